The first-order valence-electron chi connectivity index (χ1n) is 7.65. The third-order valence-electron chi connectivity index (χ3n) is 4.24. The van der Waals surface area contributed by atoms with E-state index in [-0.39, 0.29) is 0 Å². The molecule has 1 atom stereocenters. The van der Waals surface area contributed by atoms with Crippen LogP contribution in [0, 0.1) is 5.92 Å². The van der Waals surface area contributed by atoms with Crippen molar-refractivity contribution in [3.05, 3.63) is 0 Å². The first-order chi connectivity index (χ1) is 8.52. The zero-order chi connectivity index (χ0) is 13.5. The molecule has 1 aliphatic rings. The molecule has 1 unspecified atom stereocenters. The van der Waals surface area contributed by atoms with Gasteiger partial charge in [0.1, 0.15) is 0 Å². The van der Waals surface area contributed by atoms with Crippen LogP contribution in [0.1, 0.15) is 40.0 Å². The van der Waals surface area contributed by atoms with Gasteiger partial charge < -0.3 is 15.1 Å². The number of hydrogen-bond acceptors (Lipinski definition) is 3. The van der Waals surface area contributed by atoms with Gasteiger partial charge in [-0.1, -0.05) is 20.8 Å². The van der Waals surface area contributed by atoms with Gasteiger partial charge in [-0.3, -0.25) is 0 Å². The zero-order valence-corrected chi connectivity index (χ0v) is 13.1. The number of nitrogens with zero attached hydrogens (tertiary/aromatic N) is 2. The summed E-state index contributed by atoms with van der Waals surface area (Å²) < 4.78 is 0. The van der Waals surface area contributed by atoms with E-state index in [1.165, 1.54) is 38.9 Å². The molecule has 0 amide bonds. The molecule has 3 heteroatoms. The van der Waals surface area contributed by atoms with E-state index >= 15 is 0 Å². The van der Waals surface area contributed by atoms with Gasteiger partial charge in [-0.25, -0.2) is 0 Å². The summed E-state index contributed by atoms with van der Waals surface area (Å²) in [6, 6.07) is 1.28. The highest BCUT2D eigenvalue weighted by Gasteiger charge is 2.21. The predicted molar refractivity (Wildman–Crippen MR) is 80.1 cm³/mol. The van der Waals surface area contributed by atoms with Crippen LogP contribution >= 0.6 is 0 Å². The number of likely N-dealkylation sites (tertiary alicyclic amines) is 1. The quantitative estimate of drug-likeness (QED) is 0.751. The average Bonchev–Trinajstić information content (AvgIpc) is 2.32. The maximum absolute atomic E-state index is 3.57. The van der Waals surface area contributed by atoms with E-state index in [9.17, 15) is 0 Å². The topological polar surface area (TPSA) is 18.5 Å². The highest BCUT2D eigenvalue weighted by molar-refractivity contribution is 4.77. The van der Waals surface area contributed by atoms with E-state index in [0.717, 1.165) is 12.5 Å². The monoisotopic (exact) mass is 255 g/mol. The molecule has 1 rings (SSSR count). The zero-order valence-electron chi connectivity index (χ0n) is 13.1. The summed E-state index contributed by atoms with van der Waals surface area (Å²) in [6.45, 7) is 11.7. The van der Waals surface area contributed by atoms with E-state index in [1.54, 1.807) is 0 Å². The summed E-state index contributed by atoms with van der Waals surface area (Å²) in [5.74, 6) is 0.902. The molecule has 3 nitrogen and oxygen atoms in total. The number of piperidine rings is 1. The summed E-state index contributed by atoms with van der Waals surface area (Å²) in [5.41, 5.74) is 0. The minimum atomic E-state index is 0.593. The summed E-state index contributed by atoms with van der Waals surface area (Å²) in [5, 5.41) is 3.57. The average molecular weight is 255 g/mol. The van der Waals surface area contributed by atoms with Gasteiger partial charge in [0.05, 0.1) is 0 Å². The Morgan fingerprint density at radius 3 is 2.39 bits per heavy atom. The maximum atomic E-state index is 3.57. The van der Waals surface area contributed by atoms with Crippen LogP contribution < -0.4 is 5.32 Å². The van der Waals surface area contributed by atoms with E-state index in [2.05, 4.69) is 50.0 Å². The fraction of sp³-hybridized carbons (Fsp3) is 1.00. The van der Waals surface area contributed by atoms with E-state index in [1.807, 2.05) is 0 Å². The van der Waals surface area contributed by atoms with Gasteiger partial charge in [-0.15, -0.1) is 0 Å². The van der Waals surface area contributed by atoms with Crippen molar-refractivity contribution in [2.24, 2.45) is 5.92 Å². The Labute approximate surface area is 114 Å². The van der Waals surface area contributed by atoms with Gasteiger partial charge in [0.2, 0.25) is 0 Å². The first kappa shape index (κ1) is 15.9. The van der Waals surface area contributed by atoms with Gasteiger partial charge in [0.15, 0.2) is 0 Å². The number of rotatable bonds is 7. The smallest absolute Gasteiger partial charge is 0.0215 e. The second-order valence-electron chi connectivity index (χ2n) is 6.31. The van der Waals surface area contributed by atoms with Crippen LogP contribution in [-0.2, 0) is 0 Å². The molecule has 0 aromatic rings. The van der Waals surface area contributed by atoms with Crippen LogP contribution in [0.3, 0.4) is 0 Å². The molecule has 1 fully saturated rings. The van der Waals surface area contributed by atoms with Crippen molar-refractivity contribution < 1.29 is 0 Å². The molecule has 0 aliphatic carbocycles. The molecule has 0 spiro atoms. The third kappa shape index (κ3) is 5.68. The Hall–Kier alpha value is -0.120. The summed E-state index contributed by atoms with van der Waals surface area (Å²) in [6.07, 6.45) is 3.98. The Morgan fingerprint density at radius 2 is 1.89 bits per heavy atom. The van der Waals surface area contributed by atoms with Gasteiger partial charge >= 0.3 is 0 Å². The molecule has 108 valence electrons. The SMILES string of the molecule is CCC(CNC(C)C)N(C)CC1CCN(C)CC1. The molecule has 0 radical (unpaired) electrons. The Bertz CT molecular complexity index is 210. The molecule has 0 aromatic heterocycles. The van der Waals surface area contributed by atoms with Gasteiger partial charge in [0.25, 0.3) is 0 Å². The molecule has 1 saturated heterocycles. The maximum Gasteiger partial charge on any atom is 0.0215 e. The number of likely N-dealkylation sites (N-methyl/N-ethyl adjacent to an activating group) is 1. The van der Waals surface area contributed by atoms with Crippen molar-refractivity contribution in [3.63, 3.8) is 0 Å². The van der Waals surface area contributed by atoms with Gasteiger partial charge in [-0.05, 0) is 52.4 Å². The van der Waals surface area contributed by atoms with Crippen LogP contribution in [0.2, 0.25) is 0 Å². The molecule has 0 aromatic carbocycles. The molecule has 0 saturated carbocycles. The Morgan fingerprint density at radius 1 is 1.28 bits per heavy atom. The van der Waals surface area contributed by atoms with Crippen molar-refractivity contribution in [2.45, 2.75) is 52.1 Å². The van der Waals surface area contributed by atoms with Crippen LogP contribution in [0.5, 0.6) is 0 Å². The first-order valence-corrected chi connectivity index (χ1v) is 7.65. The Kier molecular flexibility index (Phi) is 7.20. The van der Waals surface area contributed by atoms with Gasteiger partial charge in [0, 0.05) is 25.2 Å². The molecule has 0 bridgehead atoms. The van der Waals surface area contributed by atoms with Crippen LogP contribution in [0.25, 0.3) is 0 Å². The van der Waals surface area contributed by atoms with Crippen LogP contribution in [0.15, 0.2) is 0 Å². The summed E-state index contributed by atoms with van der Waals surface area (Å²) in [7, 11) is 4.54. The van der Waals surface area contributed by atoms with Crippen LogP contribution in [0.4, 0.5) is 0 Å². The fourth-order valence-corrected chi connectivity index (χ4v) is 2.78. The van der Waals surface area contributed by atoms with Crippen molar-refractivity contribution in [3.8, 4) is 0 Å². The molecule has 18 heavy (non-hydrogen) atoms. The largest absolute Gasteiger partial charge is 0.313 e. The van der Waals surface area contributed by atoms with Crippen molar-refractivity contribution in [1.29, 1.82) is 0 Å². The second-order valence-corrected chi connectivity index (χ2v) is 6.31. The van der Waals surface area contributed by atoms with E-state index in [4.69, 9.17) is 0 Å². The fourth-order valence-electron chi connectivity index (χ4n) is 2.78. The standard InChI is InChI=1S/C15H33N3/c1-6-15(11-16-13(2)3)18(5)12-14-7-9-17(4)10-8-14/h13-16H,6-12H2,1-5H3. The van der Waals surface area contributed by atoms with Gasteiger partial charge in [-0.2, -0.15) is 0 Å². The minimum Gasteiger partial charge on any atom is -0.313 e. The molecule has 1 heterocycles. The van der Waals surface area contributed by atoms with E-state index < -0.39 is 0 Å². The lowest BCUT2D eigenvalue weighted by Crippen LogP contribution is -2.45. The number of hydrogen-bond donors (Lipinski definition) is 1. The van der Waals surface area contributed by atoms with Crippen LogP contribution in [-0.4, -0.2) is 62.2 Å². The normalized spacial score (nSPS) is 20.8. The van der Waals surface area contributed by atoms with E-state index in [0.29, 0.717) is 12.1 Å². The second kappa shape index (κ2) is 8.13. The molecule has 1 aliphatic heterocycles. The summed E-state index contributed by atoms with van der Waals surface area (Å²) >= 11 is 0. The summed E-state index contributed by atoms with van der Waals surface area (Å²) in [4.78, 5) is 5.03. The predicted octanol–water partition coefficient (Wildman–Crippen LogP) is 2.04. The molecule has 1 N–H and O–H groups in total. The third-order valence-corrected chi connectivity index (χ3v) is 4.24. The highest BCUT2D eigenvalue weighted by atomic mass is 15.2. The number of nitrogens with one attached hydrogen (secondary N) is 1. The van der Waals surface area contributed by atoms with Crippen molar-refractivity contribution in [2.75, 3.05) is 40.3 Å². The lowest BCUT2D eigenvalue weighted by molar-refractivity contribution is 0.145. The lowest BCUT2D eigenvalue weighted by Gasteiger charge is -2.35. The molecular formula is C15H33N3. The van der Waals surface area contributed by atoms with Crippen molar-refractivity contribution >= 4 is 0 Å². The minimum absolute atomic E-state index is 0.593. The highest BCUT2D eigenvalue weighted by Crippen LogP contribution is 2.18. The lowest BCUT2D eigenvalue weighted by atomic mass is 9.96. The van der Waals surface area contributed by atoms with Crippen molar-refractivity contribution in [1.82, 2.24) is 15.1 Å². The molecular weight excluding hydrogens is 222 g/mol. The Balaban J connectivity index is 2.30.